The molecule has 118 valence electrons. The molecule has 1 aromatic heterocycles. The molecule has 1 aliphatic heterocycles. The van der Waals surface area contributed by atoms with Crippen molar-refractivity contribution in [3.8, 4) is 0 Å². The Morgan fingerprint density at radius 3 is 2.38 bits per heavy atom. The second-order valence-corrected chi connectivity index (χ2v) is 6.91. The first-order valence-electron chi connectivity index (χ1n) is 8.10. The topological polar surface area (TPSA) is 53.4 Å². The van der Waals surface area contributed by atoms with Crippen molar-refractivity contribution in [1.29, 1.82) is 0 Å². The van der Waals surface area contributed by atoms with E-state index >= 15 is 0 Å². The van der Waals surface area contributed by atoms with Crippen LogP contribution in [0.1, 0.15) is 78.7 Å². The van der Waals surface area contributed by atoms with Gasteiger partial charge < -0.3 is 5.11 Å². The quantitative estimate of drug-likeness (QED) is 0.858. The molecule has 0 atom stereocenters. The van der Waals surface area contributed by atoms with Gasteiger partial charge in [-0.15, -0.1) is 11.3 Å². The normalized spacial score (nSPS) is 17.1. The third-order valence-electron chi connectivity index (χ3n) is 4.32. The Hall–Kier alpha value is -0.940. The molecule has 1 saturated heterocycles. The summed E-state index contributed by atoms with van der Waals surface area (Å²) in [5, 5.41) is 10.4. The van der Waals surface area contributed by atoms with E-state index in [-0.39, 0.29) is 5.92 Å². The molecular weight excluding hydrogens is 284 g/mol. The highest BCUT2D eigenvalue weighted by molar-refractivity contribution is 7.13. The Morgan fingerprint density at radius 1 is 1.24 bits per heavy atom. The number of aromatic carboxylic acids is 1. The molecular formula is C16H26N2O2S. The Labute approximate surface area is 131 Å². The summed E-state index contributed by atoms with van der Waals surface area (Å²) in [4.78, 5) is 19.0. The van der Waals surface area contributed by atoms with Crippen LogP contribution in [0.25, 0.3) is 0 Å². The average Bonchev–Trinajstić information content (AvgIpc) is 2.70. The highest BCUT2D eigenvalue weighted by Gasteiger charge is 2.23. The van der Waals surface area contributed by atoms with Crippen LogP contribution >= 0.6 is 11.3 Å². The van der Waals surface area contributed by atoms with Gasteiger partial charge in [0.1, 0.15) is 9.88 Å². The van der Waals surface area contributed by atoms with Gasteiger partial charge in [-0.2, -0.15) is 0 Å². The molecule has 0 amide bonds. The van der Waals surface area contributed by atoms with Crippen LogP contribution in [-0.2, 0) is 6.54 Å². The highest BCUT2D eigenvalue weighted by Crippen LogP contribution is 2.30. The lowest BCUT2D eigenvalue weighted by molar-refractivity contribution is 0.0700. The van der Waals surface area contributed by atoms with Crippen molar-refractivity contribution in [1.82, 2.24) is 9.88 Å². The minimum atomic E-state index is -0.823. The molecule has 0 aliphatic carbocycles. The Morgan fingerprint density at radius 2 is 1.86 bits per heavy atom. The summed E-state index contributed by atoms with van der Waals surface area (Å²) in [5.41, 5.74) is 0.808. The molecule has 0 aromatic carbocycles. The Bertz CT molecular complexity index is 461. The predicted octanol–water partition coefficient (Wildman–Crippen LogP) is 4.12. The van der Waals surface area contributed by atoms with Gasteiger partial charge in [-0.05, 0) is 38.8 Å². The molecule has 0 saturated carbocycles. The second kappa shape index (κ2) is 7.90. The number of aromatic nitrogens is 1. The van der Waals surface area contributed by atoms with Crippen LogP contribution in [0.5, 0.6) is 0 Å². The van der Waals surface area contributed by atoms with Crippen LogP contribution in [0.2, 0.25) is 0 Å². The summed E-state index contributed by atoms with van der Waals surface area (Å²) in [7, 11) is 0. The molecule has 4 nitrogen and oxygen atoms in total. The van der Waals surface area contributed by atoms with Gasteiger partial charge in [0, 0.05) is 5.92 Å². The molecule has 1 aromatic rings. The molecule has 2 rings (SSSR count). The smallest absolute Gasteiger partial charge is 0.347 e. The maximum atomic E-state index is 11.5. The fourth-order valence-corrected chi connectivity index (χ4v) is 4.07. The van der Waals surface area contributed by atoms with E-state index in [9.17, 15) is 9.90 Å². The number of likely N-dealkylation sites (tertiary alicyclic amines) is 1. The van der Waals surface area contributed by atoms with E-state index in [2.05, 4.69) is 18.7 Å². The van der Waals surface area contributed by atoms with Gasteiger partial charge in [-0.25, -0.2) is 9.78 Å². The monoisotopic (exact) mass is 310 g/mol. The van der Waals surface area contributed by atoms with Gasteiger partial charge in [-0.3, -0.25) is 4.90 Å². The van der Waals surface area contributed by atoms with Crippen molar-refractivity contribution >= 4 is 17.3 Å². The van der Waals surface area contributed by atoms with E-state index in [1.54, 1.807) is 0 Å². The molecule has 0 bridgehead atoms. The molecule has 2 heterocycles. The van der Waals surface area contributed by atoms with E-state index in [1.165, 1.54) is 37.0 Å². The number of carboxylic acids is 1. The minimum Gasteiger partial charge on any atom is -0.477 e. The zero-order valence-electron chi connectivity index (χ0n) is 13.1. The van der Waals surface area contributed by atoms with Crippen molar-refractivity contribution in [2.45, 2.75) is 64.8 Å². The van der Waals surface area contributed by atoms with E-state index in [1.807, 2.05) is 0 Å². The van der Waals surface area contributed by atoms with E-state index in [4.69, 9.17) is 4.98 Å². The second-order valence-electron chi connectivity index (χ2n) is 5.83. The number of carboxylic acid groups (broad SMARTS) is 1. The third kappa shape index (κ3) is 4.27. The maximum absolute atomic E-state index is 11.5. The molecule has 5 heteroatoms. The van der Waals surface area contributed by atoms with Gasteiger partial charge in [0.15, 0.2) is 0 Å². The number of carbonyl (C=O) groups is 1. The largest absolute Gasteiger partial charge is 0.477 e. The van der Waals surface area contributed by atoms with Crippen molar-refractivity contribution in [3.63, 3.8) is 0 Å². The summed E-state index contributed by atoms with van der Waals surface area (Å²) in [6.45, 7) is 7.25. The lowest BCUT2D eigenvalue weighted by Gasteiger charge is -2.17. The fraction of sp³-hybridized carbons (Fsp3) is 0.750. The zero-order chi connectivity index (χ0) is 15.2. The van der Waals surface area contributed by atoms with Gasteiger partial charge in [0.05, 0.1) is 12.2 Å². The van der Waals surface area contributed by atoms with E-state index in [0.717, 1.165) is 43.2 Å². The van der Waals surface area contributed by atoms with Crippen molar-refractivity contribution in [3.05, 3.63) is 15.6 Å². The number of rotatable bonds is 6. The lowest BCUT2D eigenvalue weighted by atomic mass is 9.98. The summed E-state index contributed by atoms with van der Waals surface area (Å²) in [6.07, 6.45) is 7.02. The predicted molar refractivity (Wildman–Crippen MR) is 86.1 cm³/mol. The molecule has 1 fully saturated rings. The number of thiazole rings is 1. The lowest BCUT2D eigenvalue weighted by Crippen LogP contribution is -2.23. The van der Waals surface area contributed by atoms with Crippen LogP contribution in [0.4, 0.5) is 0 Å². The van der Waals surface area contributed by atoms with Crippen molar-refractivity contribution < 1.29 is 9.90 Å². The molecule has 0 spiro atoms. The van der Waals surface area contributed by atoms with Gasteiger partial charge in [-0.1, -0.05) is 26.7 Å². The number of nitrogens with zero attached hydrogens (tertiary/aromatic N) is 2. The molecule has 0 unspecified atom stereocenters. The summed E-state index contributed by atoms with van der Waals surface area (Å²) in [5.74, 6) is -0.554. The van der Waals surface area contributed by atoms with Crippen LogP contribution in [0.15, 0.2) is 0 Å². The third-order valence-corrected chi connectivity index (χ3v) is 5.37. The van der Waals surface area contributed by atoms with Crippen LogP contribution in [0.3, 0.4) is 0 Å². The number of hydrogen-bond acceptors (Lipinski definition) is 4. The number of hydrogen-bond donors (Lipinski definition) is 1. The van der Waals surface area contributed by atoms with Gasteiger partial charge in [0.25, 0.3) is 0 Å². The first-order chi connectivity index (χ1) is 10.2. The van der Waals surface area contributed by atoms with Crippen LogP contribution in [-0.4, -0.2) is 34.0 Å². The minimum absolute atomic E-state index is 0.269. The first kappa shape index (κ1) is 16.4. The standard InChI is InChI=1S/C16H26N2O2S/c1-3-12(4-2)14-15(16(19)20)21-13(17-14)11-18-9-7-5-6-8-10-18/h12H,3-11H2,1-2H3,(H,19,20). The molecule has 1 aliphatic rings. The first-order valence-corrected chi connectivity index (χ1v) is 8.92. The van der Waals surface area contributed by atoms with Crippen LogP contribution in [0, 0.1) is 0 Å². The van der Waals surface area contributed by atoms with E-state index < -0.39 is 5.97 Å². The zero-order valence-corrected chi connectivity index (χ0v) is 13.9. The molecule has 0 radical (unpaired) electrons. The summed E-state index contributed by atoms with van der Waals surface area (Å²) in [6, 6.07) is 0. The average molecular weight is 310 g/mol. The maximum Gasteiger partial charge on any atom is 0.347 e. The fourth-order valence-electron chi connectivity index (χ4n) is 3.04. The van der Waals surface area contributed by atoms with Crippen molar-refractivity contribution in [2.75, 3.05) is 13.1 Å². The van der Waals surface area contributed by atoms with Gasteiger partial charge >= 0.3 is 5.97 Å². The Kier molecular flexibility index (Phi) is 6.18. The molecule has 1 N–H and O–H groups in total. The summed E-state index contributed by atoms with van der Waals surface area (Å²) >= 11 is 1.37. The Balaban J connectivity index is 2.16. The molecule has 21 heavy (non-hydrogen) atoms. The SMILES string of the molecule is CCC(CC)c1nc(CN2CCCCCC2)sc1C(=O)O. The van der Waals surface area contributed by atoms with Crippen molar-refractivity contribution in [2.24, 2.45) is 0 Å². The summed E-state index contributed by atoms with van der Waals surface area (Å²) < 4.78 is 0. The van der Waals surface area contributed by atoms with Gasteiger partial charge in [0.2, 0.25) is 0 Å². The van der Waals surface area contributed by atoms with E-state index in [0.29, 0.717) is 4.88 Å². The van der Waals surface area contributed by atoms with Crippen LogP contribution < -0.4 is 0 Å². The highest BCUT2D eigenvalue weighted by atomic mass is 32.1.